The first-order valence-electron chi connectivity index (χ1n) is 8.07. The first-order chi connectivity index (χ1) is 11.1. The van der Waals surface area contributed by atoms with Gasteiger partial charge in [0.05, 0.1) is 0 Å². The SMILES string of the molecule is CN(C)/C=C/C(=O)c1nc2ccc1CCc1ccc(cc1)CC2. The quantitative estimate of drug-likeness (QED) is 0.645. The molecule has 0 atom stereocenters. The molecule has 0 saturated carbocycles. The second-order valence-corrected chi connectivity index (χ2v) is 6.27. The number of carbonyl (C=O) groups excluding carboxylic acids is 1. The Hall–Kier alpha value is -2.42. The summed E-state index contributed by atoms with van der Waals surface area (Å²) in [6.45, 7) is 0. The van der Waals surface area contributed by atoms with Gasteiger partial charge in [-0.15, -0.1) is 0 Å². The van der Waals surface area contributed by atoms with Gasteiger partial charge in [0.2, 0.25) is 5.78 Å². The standard InChI is InChI=1S/C20H22N2O/c1-22(2)14-13-19(23)20-17-9-7-15-3-5-16(6-4-15)8-11-18(21-20)12-10-17/h3-6,10,12-14H,7-9,11H2,1-2H3/b14-13+. The van der Waals surface area contributed by atoms with Crippen LogP contribution < -0.4 is 0 Å². The van der Waals surface area contributed by atoms with E-state index in [-0.39, 0.29) is 5.78 Å². The number of carbonyl (C=O) groups is 1. The number of hydrogen-bond acceptors (Lipinski definition) is 3. The van der Waals surface area contributed by atoms with Crippen molar-refractivity contribution in [2.45, 2.75) is 25.7 Å². The highest BCUT2D eigenvalue weighted by atomic mass is 16.1. The zero-order chi connectivity index (χ0) is 16.2. The lowest BCUT2D eigenvalue weighted by Gasteiger charge is -2.12. The van der Waals surface area contributed by atoms with E-state index < -0.39 is 0 Å². The van der Waals surface area contributed by atoms with Crippen molar-refractivity contribution in [2.75, 3.05) is 14.1 Å². The van der Waals surface area contributed by atoms with Gasteiger partial charge in [0.25, 0.3) is 0 Å². The molecule has 6 rings (SSSR count). The van der Waals surface area contributed by atoms with Crippen LogP contribution in [-0.4, -0.2) is 29.8 Å². The molecule has 118 valence electrons. The highest BCUT2D eigenvalue weighted by Crippen LogP contribution is 2.17. The number of nitrogens with zero attached hydrogens (tertiary/aromatic N) is 2. The van der Waals surface area contributed by atoms with E-state index >= 15 is 0 Å². The molecule has 0 amide bonds. The normalized spacial score (nSPS) is 13.8. The average molecular weight is 306 g/mol. The monoisotopic (exact) mass is 306 g/mol. The Morgan fingerprint density at radius 2 is 1.61 bits per heavy atom. The first-order valence-corrected chi connectivity index (χ1v) is 8.07. The molecule has 1 aromatic carbocycles. The lowest BCUT2D eigenvalue weighted by molar-refractivity contribution is 0.104. The van der Waals surface area contributed by atoms with Crippen LogP contribution in [0.4, 0.5) is 0 Å². The Bertz CT molecular complexity index is 730. The van der Waals surface area contributed by atoms with Crippen LogP contribution in [0.15, 0.2) is 48.7 Å². The van der Waals surface area contributed by atoms with Gasteiger partial charge in [0.1, 0.15) is 5.69 Å². The maximum absolute atomic E-state index is 12.5. The van der Waals surface area contributed by atoms with E-state index in [2.05, 4.69) is 41.4 Å². The van der Waals surface area contributed by atoms with Crippen LogP contribution in [-0.2, 0) is 25.7 Å². The summed E-state index contributed by atoms with van der Waals surface area (Å²) in [5.74, 6) is -0.0125. The van der Waals surface area contributed by atoms with E-state index in [9.17, 15) is 4.79 Å². The third-order valence-corrected chi connectivity index (χ3v) is 4.17. The molecule has 4 aliphatic rings. The van der Waals surface area contributed by atoms with Crippen molar-refractivity contribution in [2.24, 2.45) is 0 Å². The molecule has 0 unspecified atom stereocenters. The summed E-state index contributed by atoms with van der Waals surface area (Å²) in [6, 6.07) is 12.9. The van der Waals surface area contributed by atoms with Crippen molar-refractivity contribution in [3.63, 3.8) is 0 Å². The number of ketones is 1. The van der Waals surface area contributed by atoms with E-state index in [4.69, 9.17) is 0 Å². The molecule has 0 radical (unpaired) electrons. The fourth-order valence-corrected chi connectivity index (χ4v) is 2.80. The molecule has 0 spiro atoms. The summed E-state index contributed by atoms with van der Waals surface area (Å²) >= 11 is 0. The third kappa shape index (κ3) is 3.86. The molecule has 0 N–H and O–H groups in total. The van der Waals surface area contributed by atoms with Crippen molar-refractivity contribution in [1.29, 1.82) is 0 Å². The van der Waals surface area contributed by atoms with Crippen molar-refractivity contribution in [3.8, 4) is 0 Å². The predicted octanol–water partition coefficient (Wildman–Crippen LogP) is 3.22. The minimum atomic E-state index is -0.0125. The zero-order valence-corrected chi connectivity index (χ0v) is 13.7. The van der Waals surface area contributed by atoms with Gasteiger partial charge < -0.3 is 4.90 Å². The average Bonchev–Trinajstić information content (AvgIpc) is 2.55. The summed E-state index contributed by atoms with van der Waals surface area (Å²) in [6.07, 6.45) is 6.96. The topological polar surface area (TPSA) is 33.2 Å². The minimum absolute atomic E-state index is 0.0125. The molecule has 3 heteroatoms. The predicted molar refractivity (Wildman–Crippen MR) is 92.7 cm³/mol. The first kappa shape index (κ1) is 15.5. The molecule has 3 nitrogen and oxygen atoms in total. The van der Waals surface area contributed by atoms with Crippen LogP contribution in [0.2, 0.25) is 0 Å². The zero-order valence-electron chi connectivity index (χ0n) is 13.7. The van der Waals surface area contributed by atoms with E-state index in [1.807, 2.05) is 19.0 Å². The largest absolute Gasteiger partial charge is 0.383 e. The van der Waals surface area contributed by atoms with Gasteiger partial charge in [0, 0.05) is 32.1 Å². The third-order valence-electron chi connectivity index (χ3n) is 4.17. The molecular formula is C20H22N2O. The number of hydrogen-bond donors (Lipinski definition) is 0. The lowest BCUT2D eigenvalue weighted by Crippen LogP contribution is -2.10. The van der Waals surface area contributed by atoms with Crippen LogP contribution in [0, 0.1) is 0 Å². The smallest absolute Gasteiger partial charge is 0.205 e. The van der Waals surface area contributed by atoms with Crippen LogP contribution >= 0.6 is 0 Å². The second-order valence-electron chi connectivity index (χ2n) is 6.27. The van der Waals surface area contributed by atoms with Crippen molar-refractivity contribution in [3.05, 3.63) is 76.8 Å². The highest BCUT2D eigenvalue weighted by Gasteiger charge is 2.13. The molecule has 0 saturated heterocycles. The number of aromatic nitrogens is 1. The highest BCUT2D eigenvalue weighted by molar-refractivity contribution is 6.04. The Morgan fingerprint density at radius 3 is 2.26 bits per heavy atom. The lowest BCUT2D eigenvalue weighted by atomic mass is 9.97. The second kappa shape index (κ2) is 6.78. The molecule has 2 aliphatic heterocycles. The maximum atomic E-state index is 12.5. The molecule has 4 bridgehead atoms. The summed E-state index contributed by atoms with van der Waals surface area (Å²) in [4.78, 5) is 19.0. The van der Waals surface area contributed by atoms with Crippen LogP contribution in [0.3, 0.4) is 0 Å². The summed E-state index contributed by atoms with van der Waals surface area (Å²) in [5.41, 5.74) is 5.25. The fraction of sp³-hybridized carbons (Fsp3) is 0.300. The van der Waals surface area contributed by atoms with Gasteiger partial charge >= 0.3 is 0 Å². The van der Waals surface area contributed by atoms with Crippen LogP contribution in [0.1, 0.15) is 32.9 Å². The van der Waals surface area contributed by atoms with Gasteiger partial charge in [-0.3, -0.25) is 4.79 Å². The number of aryl methyl sites for hydroxylation is 4. The van der Waals surface area contributed by atoms with Crippen LogP contribution in [0.5, 0.6) is 0 Å². The number of rotatable bonds is 3. The number of benzene rings is 1. The van der Waals surface area contributed by atoms with Gasteiger partial charge in [-0.1, -0.05) is 30.3 Å². The molecule has 0 fully saturated rings. The Balaban J connectivity index is 1.94. The van der Waals surface area contributed by atoms with E-state index in [0.29, 0.717) is 5.69 Å². The molecule has 2 aliphatic carbocycles. The van der Waals surface area contributed by atoms with Crippen molar-refractivity contribution >= 4 is 5.78 Å². The van der Waals surface area contributed by atoms with Crippen molar-refractivity contribution in [1.82, 2.24) is 9.88 Å². The van der Waals surface area contributed by atoms with E-state index in [1.165, 1.54) is 11.1 Å². The summed E-state index contributed by atoms with van der Waals surface area (Å²) in [5, 5.41) is 0. The van der Waals surface area contributed by atoms with Crippen molar-refractivity contribution < 1.29 is 4.79 Å². The fourth-order valence-electron chi connectivity index (χ4n) is 2.80. The Morgan fingerprint density at radius 1 is 0.957 bits per heavy atom. The van der Waals surface area contributed by atoms with Crippen LogP contribution in [0.25, 0.3) is 0 Å². The molecule has 2 aromatic rings. The Labute approximate surface area is 137 Å². The maximum Gasteiger partial charge on any atom is 0.205 e. The summed E-state index contributed by atoms with van der Waals surface area (Å²) in [7, 11) is 3.81. The number of pyridine rings is 1. The van der Waals surface area contributed by atoms with E-state index in [1.54, 1.807) is 12.3 Å². The van der Waals surface area contributed by atoms with Gasteiger partial charge in [0.15, 0.2) is 0 Å². The van der Waals surface area contributed by atoms with Gasteiger partial charge in [-0.25, -0.2) is 4.98 Å². The minimum Gasteiger partial charge on any atom is -0.383 e. The molecule has 23 heavy (non-hydrogen) atoms. The Kier molecular flexibility index (Phi) is 4.56. The summed E-state index contributed by atoms with van der Waals surface area (Å²) < 4.78 is 0. The number of allylic oxidation sites excluding steroid dienone is 1. The molecule has 1 aromatic heterocycles. The van der Waals surface area contributed by atoms with Gasteiger partial charge in [-0.2, -0.15) is 0 Å². The molecular weight excluding hydrogens is 284 g/mol. The molecule has 3 heterocycles. The van der Waals surface area contributed by atoms with E-state index in [0.717, 1.165) is 36.9 Å². The van der Waals surface area contributed by atoms with Gasteiger partial charge in [-0.05, 0) is 48.4 Å².